The Morgan fingerprint density at radius 2 is 1.77 bits per heavy atom. The maximum absolute atomic E-state index is 14.0. The van der Waals surface area contributed by atoms with Gasteiger partial charge in [0.15, 0.2) is 9.84 Å². The van der Waals surface area contributed by atoms with Gasteiger partial charge < -0.3 is 4.98 Å². The fourth-order valence-corrected chi connectivity index (χ4v) is 4.81. The van der Waals surface area contributed by atoms with Crippen LogP contribution in [0.2, 0.25) is 0 Å². The van der Waals surface area contributed by atoms with Crippen molar-refractivity contribution in [2.24, 2.45) is 5.92 Å². The largest absolute Gasteiger partial charge is 0.416 e. The summed E-state index contributed by atoms with van der Waals surface area (Å²) >= 11 is 0. The summed E-state index contributed by atoms with van der Waals surface area (Å²) in [7, 11) is -3.32. The minimum atomic E-state index is -4.52. The van der Waals surface area contributed by atoms with Crippen LogP contribution in [0.5, 0.6) is 0 Å². The lowest BCUT2D eigenvalue weighted by Crippen LogP contribution is -2.10. The van der Waals surface area contributed by atoms with Crippen molar-refractivity contribution in [2.75, 3.05) is 6.26 Å². The molecular weight excluding hydrogens is 425 g/mol. The lowest BCUT2D eigenvalue weighted by Gasteiger charge is -2.18. The van der Waals surface area contributed by atoms with Crippen molar-refractivity contribution in [3.63, 3.8) is 0 Å². The lowest BCUT2D eigenvalue weighted by atomic mass is 9.86. The molecule has 3 nitrogen and oxygen atoms in total. The summed E-state index contributed by atoms with van der Waals surface area (Å²) in [5.41, 5.74) is 1.07. The monoisotopic (exact) mass is 443 g/mol. The highest BCUT2D eigenvalue weighted by Crippen LogP contribution is 2.58. The molecule has 2 aromatic carbocycles. The number of rotatable bonds is 5. The van der Waals surface area contributed by atoms with E-state index in [1.807, 2.05) is 0 Å². The standard InChI is InChI=1S/C21H18F5NO2S/c1-30(28,29)11-13-3-2-4-15-16(10-27-19(13)15)18(17-9-20(17,22)23)12-5-7-14(8-6-12)21(24,25)26/h2-8,10,17-18,27H,9,11H2,1H3. The zero-order chi connectivity index (χ0) is 21.9. The van der Waals surface area contributed by atoms with Crippen molar-refractivity contribution in [1.82, 2.24) is 4.98 Å². The molecule has 2 atom stereocenters. The van der Waals surface area contributed by atoms with Crippen LogP contribution >= 0.6 is 0 Å². The molecule has 1 aromatic heterocycles. The molecule has 1 fully saturated rings. The molecule has 0 spiro atoms. The van der Waals surface area contributed by atoms with Gasteiger partial charge in [-0.1, -0.05) is 30.3 Å². The second-order valence-electron chi connectivity index (χ2n) is 7.82. The van der Waals surface area contributed by atoms with Crippen LogP contribution in [0.15, 0.2) is 48.7 Å². The number of para-hydroxylation sites is 1. The third-order valence-corrected chi connectivity index (χ3v) is 6.30. The first-order chi connectivity index (χ1) is 13.9. The van der Waals surface area contributed by atoms with E-state index in [0.29, 0.717) is 27.6 Å². The molecule has 0 radical (unpaired) electrons. The number of nitrogens with one attached hydrogen (secondary N) is 1. The van der Waals surface area contributed by atoms with E-state index in [0.717, 1.165) is 18.4 Å². The number of alkyl halides is 5. The highest BCUT2D eigenvalue weighted by molar-refractivity contribution is 7.89. The summed E-state index contributed by atoms with van der Waals surface area (Å²) in [4.78, 5) is 2.99. The van der Waals surface area contributed by atoms with Crippen molar-refractivity contribution in [1.29, 1.82) is 0 Å². The molecule has 4 rings (SSSR count). The van der Waals surface area contributed by atoms with Gasteiger partial charge in [0.05, 0.1) is 11.3 Å². The summed E-state index contributed by atoms with van der Waals surface area (Å²) < 4.78 is 90.2. The molecule has 0 bridgehead atoms. The lowest BCUT2D eigenvalue weighted by molar-refractivity contribution is -0.137. The smallest absolute Gasteiger partial charge is 0.361 e. The number of halogens is 5. The summed E-state index contributed by atoms with van der Waals surface area (Å²) in [6.45, 7) is 0. The molecule has 1 aliphatic carbocycles. The van der Waals surface area contributed by atoms with Crippen molar-refractivity contribution in [2.45, 2.75) is 30.2 Å². The van der Waals surface area contributed by atoms with Crippen molar-refractivity contribution in [3.8, 4) is 0 Å². The van der Waals surface area contributed by atoms with Crippen LogP contribution in [0.4, 0.5) is 22.0 Å². The fourth-order valence-electron chi connectivity index (χ4n) is 4.00. The Labute approximate surface area is 169 Å². The predicted octanol–water partition coefficient (Wildman–Crippen LogP) is 5.52. The molecule has 0 saturated heterocycles. The van der Waals surface area contributed by atoms with Gasteiger partial charge in [-0.2, -0.15) is 13.2 Å². The molecule has 2 unspecified atom stereocenters. The average molecular weight is 443 g/mol. The van der Waals surface area contributed by atoms with Crippen LogP contribution < -0.4 is 0 Å². The molecule has 1 saturated carbocycles. The molecule has 1 N–H and O–H groups in total. The molecule has 0 amide bonds. The Hall–Kier alpha value is -2.42. The van der Waals surface area contributed by atoms with Crippen LogP contribution in [0.1, 0.15) is 34.6 Å². The second kappa shape index (κ2) is 6.80. The molecule has 160 valence electrons. The van der Waals surface area contributed by atoms with Gasteiger partial charge in [-0.3, -0.25) is 0 Å². The van der Waals surface area contributed by atoms with E-state index < -0.39 is 39.3 Å². The Balaban J connectivity index is 1.81. The summed E-state index contributed by atoms with van der Waals surface area (Å²) in [5.74, 6) is -4.97. The molecule has 1 aliphatic rings. The summed E-state index contributed by atoms with van der Waals surface area (Å²) in [6, 6.07) is 9.25. The minimum absolute atomic E-state index is 0.213. The van der Waals surface area contributed by atoms with Crippen molar-refractivity contribution in [3.05, 3.63) is 70.9 Å². The first kappa shape index (κ1) is 20.8. The molecule has 0 aliphatic heterocycles. The van der Waals surface area contributed by atoms with E-state index in [1.165, 1.54) is 12.1 Å². The quantitative estimate of drug-likeness (QED) is 0.528. The number of aromatic nitrogens is 1. The fraction of sp³-hybridized carbons (Fsp3) is 0.333. The van der Waals surface area contributed by atoms with Gasteiger partial charge in [0.1, 0.15) is 0 Å². The van der Waals surface area contributed by atoms with Gasteiger partial charge in [0.25, 0.3) is 5.92 Å². The Morgan fingerprint density at radius 3 is 2.30 bits per heavy atom. The maximum atomic E-state index is 14.0. The van der Waals surface area contributed by atoms with Crippen LogP contribution in [-0.2, 0) is 21.8 Å². The second-order valence-corrected chi connectivity index (χ2v) is 9.96. The third-order valence-electron chi connectivity index (χ3n) is 5.46. The van der Waals surface area contributed by atoms with Crippen molar-refractivity contribution >= 4 is 20.7 Å². The van der Waals surface area contributed by atoms with E-state index in [1.54, 1.807) is 24.4 Å². The number of fused-ring (bicyclic) bond motifs is 1. The van der Waals surface area contributed by atoms with E-state index in [-0.39, 0.29) is 12.2 Å². The Bertz CT molecular complexity index is 1200. The van der Waals surface area contributed by atoms with Gasteiger partial charge in [-0.05, 0) is 28.8 Å². The summed E-state index contributed by atoms with van der Waals surface area (Å²) in [6.07, 6.45) is -2.22. The van der Waals surface area contributed by atoms with Crippen LogP contribution in [0, 0.1) is 5.92 Å². The number of sulfone groups is 1. The average Bonchev–Trinajstić information content (AvgIpc) is 3.05. The Kier molecular flexibility index (Phi) is 4.72. The number of hydrogen-bond donors (Lipinski definition) is 1. The topological polar surface area (TPSA) is 49.9 Å². The molecular formula is C21H18F5NO2S. The number of benzene rings is 2. The minimum Gasteiger partial charge on any atom is -0.361 e. The van der Waals surface area contributed by atoms with Crippen LogP contribution in [0.25, 0.3) is 10.9 Å². The van der Waals surface area contributed by atoms with Gasteiger partial charge in [0.2, 0.25) is 0 Å². The number of hydrogen-bond acceptors (Lipinski definition) is 2. The molecule has 30 heavy (non-hydrogen) atoms. The zero-order valence-electron chi connectivity index (χ0n) is 15.8. The SMILES string of the molecule is CS(=O)(=O)Cc1cccc2c(C(c3ccc(C(F)(F)F)cc3)C3CC3(F)F)c[nH]c12. The van der Waals surface area contributed by atoms with Gasteiger partial charge >= 0.3 is 6.18 Å². The first-order valence-electron chi connectivity index (χ1n) is 9.18. The predicted molar refractivity (Wildman–Crippen MR) is 103 cm³/mol. The van der Waals surface area contributed by atoms with Gasteiger partial charge in [0, 0.05) is 41.6 Å². The zero-order valence-corrected chi connectivity index (χ0v) is 16.6. The highest BCUT2D eigenvalue weighted by atomic mass is 32.2. The van der Waals surface area contributed by atoms with Crippen LogP contribution in [0.3, 0.4) is 0 Å². The van der Waals surface area contributed by atoms with Crippen LogP contribution in [-0.4, -0.2) is 25.6 Å². The van der Waals surface area contributed by atoms with E-state index in [2.05, 4.69) is 4.98 Å². The molecule has 9 heteroatoms. The molecule has 1 heterocycles. The normalized spacial score (nSPS) is 19.7. The number of H-pyrrole nitrogens is 1. The van der Waals surface area contributed by atoms with Crippen molar-refractivity contribution < 1.29 is 30.4 Å². The number of aromatic amines is 1. The Morgan fingerprint density at radius 1 is 1.13 bits per heavy atom. The highest BCUT2D eigenvalue weighted by Gasteiger charge is 2.61. The van der Waals surface area contributed by atoms with Gasteiger partial charge in [-0.15, -0.1) is 0 Å². The van der Waals surface area contributed by atoms with E-state index >= 15 is 0 Å². The van der Waals surface area contributed by atoms with Gasteiger partial charge in [-0.25, -0.2) is 17.2 Å². The van der Waals surface area contributed by atoms with E-state index in [9.17, 15) is 30.4 Å². The first-order valence-corrected chi connectivity index (χ1v) is 11.2. The molecule has 3 aromatic rings. The maximum Gasteiger partial charge on any atom is 0.416 e. The van der Waals surface area contributed by atoms with E-state index in [4.69, 9.17) is 0 Å². The summed E-state index contributed by atoms with van der Waals surface area (Å²) in [5, 5.41) is 0.587. The third kappa shape index (κ3) is 3.95.